The molecule has 1 aromatic rings. The quantitative estimate of drug-likeness (QED) is 0.614. The third-order valence-corrected chi connectivity index (χ3v) is 4.36. The first-order chi connectivity index (χ1) is 8.74. The average molecular weight is 286 g/mol. The minimum absolute atomic E-state index is 0.0875. The maximum absolute atomic E-state index is 12.2. The molecule has 0 amide bonds. The van der Waals surface area contributed by atoms with E-state index >= 15 is 0 Å². The second kappa shape index (κ2) is 6.36. The van der Waals surface area contributed by atoms with Crippen molar-refractivity contribution in [3.63, 3.8) is 0 Å². The van der Waals surface area contributed by atoms with Gasteiger partial charge in [0.1, 0.15) is 0 Å². The van der Waals surface area contributed by atoms with E-state index in [1.54, 1.807) is 26.0 Å². The lowest BCUT2D eigenvalue weighted by molar-refractivity contribution is 0.0834. The van der Waals surface area contributed by atoms with E-state index in [0.717, 1.165) is 0 Å². The Bertz CT molecular complexity index is 516. The van der Waals surface area contributed by atoms with Crippen molar-refractivity contribution in [2.75, 3.05) is 18.9 Å². The van der Waals surface area contributed by atoms with Gasteiger partial charge in [-0.1, -0.05) is 0 Å². The Balaban J connectivity index is 2.84. The van der Waals surface area contributed by atoms with E-state index in [0.29, 0.717) is 28.3 Å². The zero-order valence-corrected chi connectivity index (χ0v) is 12.7. The van der Waals surface area contributed by atoms with Gasteiger partial charge in [-0.2, -0.15) is 0 Å². The van der Waals surface area contributed by atoms with Crippen molar-refractivity contribution in [2.45, 2.75) is 38.7 Å². The Hall–Kier alpha value is -1.11. The zero-order valence-electron chi connectivity index (χ0n) is 11.9. The summed E-state index contributed by atoms with van der Waals surface area (Å²) in [5, 5.41) is 0. The standard InChI is InChI=1S/C13H22N2O3S/c1-9(2)18-6-5-15-19(16,17)13-10(3)7-12(14)8-11(13)4/h7-9,15H,5-6,14H2,1-4H3. The first-order valence-electron chi connectivity index (χ1n) is 6.22. The normalized spacial score (nSPS) is 12.1. The van der Waals surface area contributed by atoms with Crippen LogP contribution in [0.15, 0.2) is 17.0 Å². The number of ether oxygens (including phenoxy) is 1. The zero-order chi connectivity index (χ0) is 14.6. The van der Waals surface area contributed by atoms with Gasteiger partial charge in [0.2, 0.25) is 10.0 Å². The summed E-state index contributed by atoms with van der Waals surface area (Å²) in [4.78, 5) is 0.297. The summed E-state index contributed by atoms with van der Waals surface area (Å²) in [5.41, 5.74) is 7.55. The van der Waals surface area contributed by atoms with Gasteiger partial charge in [0, 0.05) is 12.2 Å². The third kappa shape index (κ3) is 4.49. The number of aryl methyl sites for hydroxylation is 2. The van der Waals surface area contributed by atoms with Crippen LogP contribution in [0.1, 0.15) is 25.0 Å². The summed E-state index contributed by atoms with van der Waals surface area (Å²) in [6, 6.07) is 3.32. The van der Waals surface area contributed by atoms with Crippen molar-refractivity contribution in [1.29, 1.82) is 0 Å². The molecule has 0 heterocycles. The Kier molecular flexibility index (Phi) is 5.34. The second-order valence-electron chi connectivity index (χ2n) is 4.80. The Morgan fingerprint density at radius 2 is 1.79 bits per heavy atom. The molecule has 1 aromatic carbocycles. The Labute approximate surface area is 115 Å². The number of sulfonamides is 1. The van der Waals surface area contributed by atoms with Crippen molar-refractivity contribution >= 4 is 15.7 Å². The van der Waals surface area contributed by atoms with Gasteiger partial charge in [0.25, 0.3) is 0 Å². The van der Waals surface area contributed by atoms with Crippen molar-refractivity contribution < 1.29 is 13.2 Å². The molecule has 0 unspecified atom stereocenters. The number of nitrogens with two attached hydrogens (primary N) is 1. The van der Waals surface area contributed by atoms with E-state index < -0.39 is 10.0 Å². The van der Waals surface area contributed by atoms with E-state index in [9.17, 15) is 8.42 Å². The molecule has 0 atom stereocenters. The molecule has 5 nitrogen and oxygen atoms in total. The van der Waals surface area contributed by atoms with Crippen LogP contribution in [-0.4, -0.2) is 27.7 Å². The maximum Gasteiger partial charge on any atom is 0.241 e. The van der Waals surface area contributed by atoms with Crippen LogP contribution in [0.4, 0.5) is 5.69 Å². The van der Waals surface area contributed by atoms with Crippen LogP contribution in [-0.2, 0) is 14.8 Å². The highest BCUT2D eigenvalue weighted by molar-refractivity contribution is 7.89. The molecule has 0 bridgehead atoms. The van der Waals surface area contributed by atoms with Gasteiger partial charge in [-0.05, 0) is 51.0 Å². The van der Waals surface area contributed by atoms with Crippen LogP contribution in [0.25, 0.3) is 0 Å². The van der Waals surface area contributed by atoms with E-state index in [2.05, 4.69) is 4.72 Å². The number of hydrogen-bond acceptors (Lipinski definition) is 4. The first kappa shape index (κ1) is 15.9. The predicted octanol–water partition coefficient (Wildman–Crippen LogP) is 1.59. The van der Waals surface area contributed by atoms with Gasteiger partial charge in [-0.25, -0.2) is 13.1 Å². The van der Waals surface area contributed by atoms with Crippen LogP contribution in [0.5, 0.6) is 0 Å². The lowest BCUT2D eigenvalue weighted by atomic mass is 10.1. The summed E-state index contributed by atoms with van der Waals surface area (Å²) in [6.07, 6.45) is 0.0875. The van der Waals surface area contributed by atoms with E-state index in [1.165, 1.54) is 0 Å². The molecule has 0 spiro atoms. The molecule has 0 aliphatic heterocycles. The molecule has 0 fully saturated rings. The van der Waals surface area contributed by atoms with Gasteiger partial charge in [-0.3, -0.25) is 0 Å². The van der Waals surface area contributed by atoms with E-state index in [4.69, 9.17) is 10.5 Å². The summed E-state index contributed by atoms with van der Waals surface area (Å²) >= 11 is 0. The maximum atomic E-state index is 12.2. The number of nitrogens with one attached hydrogen (secondary N) is 1. The molecular weight excluding hydrogens is 264 g/mol. The monoisotopic (exact) mass is 286 g/mol. The average Bonchev–Trinajstić information content (AvgIpc) is 2.22. The molecule has 6 heteroatoms. The summed E-state index contributed by atoms with van der Waals surface area (Å²) < 4.78 is 32.3. The SMILES string of the molecule is Cc1cc(N)cc(C)c1S(=O)(=O)NCCOC(C)C. The molecule has 0 saturated carbocycles. The molecular formula is C13H22N2O3S. The largest absolute Gasteiger partial charge is 0.399 e. The fourth-order valence-corrected chi connectivity index (χ4v) is 3.41. The van der Waals surface area contributed by atoms with Crippen LogP contribution >= 0.6 is 0 Å². The smallest absolute Gasteiger partial charge is 0.241 e. The third-order valence-electron chi connectivity index (χ3n) is 2.60. The van der Waals surface area contributed by atoms with Gasteiger partial charge in [-0.15, -0.1) is 0 Å². The van der Waals surface area contributed by atoms with Crippen LogP contribution < -0.4 is 10.5 Å². The highest BCUT2D eigenvalue weighted by Gasteiger charge is 2.19. The summed E-state index contributed by atoms with van der Waals surface area (Å²) in [6.45, 7) is 7.89. The highest BCUT2D eigenvalue weighted by atomic mass is 32.2. The molecule has 0 radical (unpaired) electrons. The molecule has 19 heavy (non-hydrogen) atoms. The minimum Gasteiger partial charge on any atom is -0.399 e. The van der Waals surface area contributed by atoms with Crippen molar-refractivity contribution in [2.24, 2.45) is 0 Å². The topological polar surface area (TPSA) is 81.4 Å². The first-order valence-corrected chi connectivity index (χ1v) is 7.70. The Morgan fingerprint density at radius 1 is 1.26 bits per heavy atom. The fourth-order valence-electron chi connectivity index (χ4n) is 1.95. The lowest BCUT2D eigenvalue weighted by Crippen LogP contribution is -2.29. The molecule has 0 aliphatic rings. The van der Waals surface area contributed by atoms with E-state index in [1.807, 2.05) is 13.8 Å². The highest BCUT2D eigenvalue weighted by Crippen LogP contribution is 2.22. The molecule has 108 valence electrons. The molecule has 0 saturated heterocycles. The van der Waals surface area contributed by atoms with Gasteiger partial charge in [0.05, 0.1) is 17.6 Å². The minimum atomic E-state index is -3.52. The van der Waals surface area contributed by atoms with E-state index in [-0.39, 0.29) is 12.6 Å². The fraction of sp³-hybridized carbons (Fsp3) is 0.538. The van der Waals surface area contributed by atoms with Crippen molar-refractivity contribution in [3.05, 3.63) is 23.3 Å². The number of benzene rings is 1. The second-order valence-corrected chi connectivity index (χ2v) is 6.50. The number of nitrogen functional groups attached to an aromatic ring is 1. The van der Waals surface area contributed by atoms with Gasteiger partial charge < -0.3 is 10.5 Å². The molecule has 0 aliphatic carbocycles. The number of hydrogen-bond donors (Lipinski definition) is 2. The number of anilines is 1. The molecule has 0 aromatic heterocycles. The summed E-state index contributed by atoms with van der Waals surface area (Å²) in [7, 11) is -3.52. The predicted molar refractivity (Wildman–Crippen MR) is 76.6 cm³/mol. The van der Waals surface area contributed by atoms with Crippen molar-refractivity contribution in [3.8, 4) is 0 Å². The van der Waals surface area contributed by atoms with Gasteiger partial charge >= 0.3 is 0 Å². The molecule has 3 N–H and O–H groups in total. The van der Waals surface area contributed by atoms with Crippen LogP contribution in [0.3, 0.4) is 0 Å². The Morgan fingerprint density at radius 3 is 2.26 bits per heavy atom. The van der Waals surface area contributed by atoms with Crippen molar-refractivity contribution in [1.82, 2.24) is 4.72 Å². The lowest BCUT2D eigenvalue weighted by Gasteiger charge is -2.13. The number of rotatable bonds is 6. The van der Waals surface area contributed by atoms with Crippen LogP contribution in [0.2, 0.25) is 0 Å². The van der Waals surface area contributed by atoms with Crippen LogP contribution in [0, 0.1) is 13.8 Å². The molecule has 1 rings (SSSR count). The van der Waals surface area contributed by atoms with Gasteiger partial charge in [0.15, 0.2) is 0 Å². The summed E-state index contributed by atoms with van der Waals surface area (Å²) in [5.74, 6) is 0.